The van der Waals surface area contributed by atoms with Crippen molar-refractivity contribution in [3.8, 4) is 0 Å². The number of unbranched alkanes of at least 4 members (excludes halogenated alkanes) is 3. The summed E-state index contributed by atoms with van der Waals surface area (Å²) in [6.07, 6.45) is 11.8. The second kappa shape index (κ2) is 10.7. The quantitative estimate of drug-likeness (QED) is 0.323. The molecule has 0 N–H and O–H groups in total. The van der Waals surface area contributed by atoms with Gasteiger partial charge in [0.05, 0.1) is 0 Å². The molecule has 1 heterocycles. The van der Waals surface area contributed by atoms with E-state index in [9.17, 15) is 0 Å². The minimum atomic E-state index is -2.07. The fourth-order valence-electron chi connectivity index (χ4n) is 4.78. The maximum atomic E-state index is 2.98. The Morgan fingerprint density at radius 3 is 1.74 bits per heavy atom. The van der Waals surface area contributed by atoms with Crippen LogP contribution in [0.15, 0.2) is 0 Å². The molecule has 0 radical (unpaired) electrons. The van der Waals surface area contributed by atoms with E-state index >= 15 is 0 Å². The van der Waals surface area contributed by atoms with Gasteiger partial charge in [-0.2, -0.15) is 0 Å². The van der Waals surface area contributed by atoms with Crippen LogP contribution in [-0.4, -0.2) is 40.4 Å². The molecule has 1 aliphatic rings. The Labute approximate surface area is 151 Å². The van der Waals surface area contributed by atoms with Crippen LogP contribution in [0.2, 0.25) is 13.3 Å². The van der Waals surface area contributed by atoms with Gasteiger partial charge in [-0.15, -0.1) is 0 Å². The number of nitrogens with zero attached hydrogens (tertiary/aromatic N) is 1. The third-order valence-electron chi connectivity index (χ3n) is 5.83. The molecular weight excluding hydrogens is 385 g/mol. The van der Waals surface area contributed by atoms with Gasteiger partial charge in [-0.1, -0.05) is 0 Å². The Kier molecular flexibility index (Phi) is 10.1. The van der Waals surface area contributed by atoms with E-state index in [1.165, 1.54) is 58.0 Å². The minimum absolute atomic E-state index is 0.459. The third kappa shape index (κ3) is 7.26. The molecule has 1 rings (SSSR count). The van der Waals surface area contributed by atoms with Gasteiger partial charge < -0.3 is 0 Å². The van der Waals surface area contributed by atoms with E-state index in [0.717, 1.165) is 4.06 Å². The first-order chi connectivity index (χ1) is 10.9. The summed E-state index contributed by atoms with van der Waals surface area (Å²) >= 11 is -2.07. The van der Waals surface area contributed by atoms with Crippen LogP contribution in [0.4, 0.5) is 0 Å². The number of hydrogen-bond acceptors (Lipinski definition) is 1. The molecule has 1 nitrogen and oxygen atoms in total. The van der Waals surface area contributed by atoms with E-state index in [1.807, 2.05) is 0 Å². The first kappa shape index (κ1) is 21.8. The number of rotatable bonds is 11. The summed E-state index contributed by atoms with van der Waals surface area (Å²) in [7, 11) is 0. The second-order valence-corrected chi connectivity index (χ2v) is 23.3. The molecule has 1 atom stereocenters. The van der Waals surface area contributed by atoms with Crippen LogP contribution in [0.5, 0.6) is 0 Å². The average Bonchev–Trinajstić information content (AvgIpc) is 2.93. The van der Waals surface area contributed by atoms with Crippen LogP contribution in [0.25, 0.3) is 0 Å². The molecule has 1 fully saturated rings. The predicted octanol–water partition coefficient (Wildman–Crippen LogP) is 6.89. The summed E-state index contributed by atoms with van der Waals surface area (Å²) in [5, 5.41) is 0. The summed E-state index contributed by atoms with van der Waals surface area (Å²) in [6, 6.07) is 0. The average molecular weight is 430 g/mol. The van der Waals surface area contributed by atoms with Gasteiger partial charge in [0, 0.05) is 0 Å². The SMILES string of the molecule is CCC[CH2][Sn]([CH2]CCC)([CH2]CCC)[C@@H]1CCCN1CC(C)(C)C. The molecule has 0 aromatic heterocycles. The fraction of sp³-hybridized carbons (Fsp3) is 1.00. The molecule has 0 spiro atoms. The maximum absolute atomic E-state index is 2.98. The number of likely N-dealkylation sites (tertiary alicyclic amines) is 1. The van der Waals surface area contributed by atoms with E-state index in [0.29, 0.717) is 5.41 Å². The van der Waals surface area contributed by atoms with Crippen LogP contribution in [0, 0.1) is 5.41 Å². The molecule has 0 saturated carbocycles. The standard InChI is InChI=1S/C9H18N.3C4H9.Sn/c1-9(2,3)8-10-6-4-5-7-10;3*1-3-4-2;/h6H,4-5,7-8H2,1-3H3;3*1,3-4H2,2H3;. The Balaban J connectivity index is 2.96. The molecular formula is C21H45NSn. The van der Waals surface area contributed by atoms with Crippen molar-refractivity contribution in [3.63, 3.8) is 0 Å². The molecule has 0 bridgehead atoms. The van der Waals surface area contributed by atoms with Gasteiger partial charge in [-0.3, -0.25) is 0 Å². The van der Waals surface area contributed by atoms with Crippen molar-refractivity contribution >= 4 is 18.4 Å². The molecule has 0 aromatic rings. The topological polar surface area (TPSA) is 3.24 Å². The number of hydrogen-bond donors (Lipinski definition) is 0. The molecule has 0 unspecified atom stereocenters. The van der Waals surface area contributed by atoms with Crippen LogP contribution in [0.3, 0.4) is 0 Å². The van der Waals surface area contributed by atoms with Crippen molar-refractivity contribution in [2.24, 2.45) is 5.41 Å². The van der Waals surface area contributed by atoms with Crippen molar-refractivity contribution in [3.05, 3.63) is 0 Å². The van der Waals surface area contributed by atoms with Gasteiger partial charge in [-0.05, 0) is 0 Å². The van der Waals surface area contributed by atoms with E-state index in [2.05, 4.69) is 46.4 Å². The van der Waals surface area contributed by atoms with E-state index < -0.39 is 18.4 Å². The molecule has 0 aromatic carbocycles. The van der Waals surface area contributed by atoms with Crippen molar-refractivity contribution in [1.29, 1.82) is 0 Å². The molecule has 138 valence electrons. The van der Waals surface area contributed by atoms with Crippen LogP contribution >= 0.6 is 0 Å². The van der Waals surface area contributed by atoms with E-state index in [1.54, 1.807) is 19.7 Å². The Bertz CT molecular complexity index is 286. The van der Waals surface area contributed by atoms with Crippen LogP contribution in [-0.2, 0) is 0 Å². The van der Waals surface area contributed by atoms with E-state index in [4.69, 9.17) is 0 Å². The summed E-state index contributed by atoms with van der Waals surface area (Å²) in [5.74, 6) is 0. The summed E-state index contributed by atoms with van der Waals surface area (Å²) in [4.78, 5) is 2.98. The predicted molar refractivity (Wildman–Crippen MR) is 109 cm³/mol. The third-order valence-corrected chi connectivity index (χ3v) is 23.3. The summed E-state index contributed by atoms with van der Waals surface area (Å²) in [5.41, 5.74) is 0.459. The van der Waals surface area contributed by atoms with Crippen molar-refractivity contribution in [2.75, 3.05) is 13.1 Å². The Hall–Kier alpha value is 0.759. The van der Waals surface area contributed by atoms with E-state index in [-0.39, 0.29) is 0 Å². The first-order valence-corrected chi connectivity index (χ1v) is 18.3. The van der Waals surface area contributed by atoms with Crippen molar-refractivity contribution < 1.29 is 0 Å². The van der Waals surface area contributed by atoms with Gasteiger partial charge in [0.25, 0.3) is 0 Å². The van der Waals surface area contributed by atoms with Crippen molar-refractivity contribution in [2.45, 2.75) is 110 Å². The molecule has 2 heteroatoms. The molecule has 1 saturated heterocycles. The zero-order valence-electron chi connectivity index (χ0n) is 17.2. The molecule has 1 aliphatic heterocycles. The van der Waals surface area contributed by atoms with Gasteiger partial charge in [0.15, 0.2) is 0 Å². The summed E-state index contributed by atoms with van der Waals surface area (Å²) in [6.45, 7) is 17.2. The fourth-order valence-corrected chi connectivity index (χ4v) is 24.0. The first-order valence-electron chi connectivity index (χ1n) is 10.6. The zero-order valence-corrected chi connectivity index (χ0v) is 20.1. The summed E-state index contributed by atoms with van der Waals surface area (Å²) < 4.78 is 6.09. The van der Waals surface area contributed by atoms with Crippen LogP contribution < -0.4 is 0 Å². The molecule has 23 heavy (non-hydrogen) atoms. The Morgan fingerprint density at radius 1 is 0.870 bits per heavy atom. The Morgan fingerprint density at radius 2 is 1.35 bits per heavy atom. The van der Waals surface area contributed by atoms with Gasteiger partial charge >= 0.3 is 152 Å². The van der Waals surface area contributed by atoms with Crippen molar-refractivity contribution in [1.82, 2.24) is 4.90 Å². The molecule has 0 aliphatic carbocycles. The van der Waals surface area contributed by atoms with Gasteiger partial charge in [-0.25, -0.2) is 0 Å². The van der Waals surface area contributed by atoms with Gasteiger partial charge in [0.1, 0.15) is 0 Å². The molecule has 0 amide bonds. The zero-order chi connectivity index (χ0) is 17.3. The van der Waals surface area contributed by atoms with Crippen LogP contribution in [0.1, 0.15) is 92.9 Å². The second-order valence-electron chi connectivity index (χ2n) is 9.36. The van der Waals surface area contributed by atoms with Gasteiger partial charge in [0.2, 0.25) is 0 Å². The normalized spacial score (nSPS) is 20.3. The monoisotopic (exact) mass is 431 g/mol.